The number of halogens is 1. The molecule has 0 bridgehead atoms. The summed E-state index contributed by atoms with van der Waals surface area (Å²) >= 11 is 5.76. The number of rotatable bonds is 6. The average Bonchev–Trinajstić information content (AvgIpc) is 2.31. The summed E-state index contributed by atoms with van der Waals surface area (Å²) in [5, 5.41) is 21.1. The van der Waals surface area contributed by atoms with Crippen molar-refractivity contribution in [2.45, 2.75) is 32.2 Å². The van der Waals surface area contributed by atoms with E-state index >= 15 is 0 Å². The van der Waals surface area contributed by atoms with Crippen LogP contribution in [0.2, 0.25) is 5.02 Å². The molecule has 1 rings (SSSR count). The smallest absolute Gasteiger partial charge is 0.303 e. The number of nitrogens with one attached hydrogen (secondary N) is 1. The fourth-order valence-electron chi connectivity index (χ4n) is 1.62. The molecular weight excluding hydrogens is 270 g/mol. The number of phenols is 1. The number of carboxylic acid groups (broad SMARTS) is 1. The van der Waals surface area contributed by atoms with Gasteiger partial charge in [0.1, 0.15) is 5.75 Å². The Balaban J connectivity index is 2.54. The van der Waals surface area contributed by atoms with E-state index in [1.165, 1.54) is 18.2 Å². The highest BCUT2D eigenvalue weighted by Crippen LogP contribution is 2.21. The van der Waals surface area contributed by atoms with E-state index in [1.54, 1.807) is 6.92 Å². The van der Waals surface area contributed by atoms with Crippen molar-refractivity contribution < 1.29 is 19.8 Å². The number of amides is 1. The standard InChI is InChI=1S/C13H16ClNO4/c1-8(3-2-4-12(17)18)15-13(19)10-7-9(14)5-6-11(10)16/h5-8,16H,2-4H2,1H3,(H,15,19)(H,17,18). The molecule has 1 aromatic carbocycles. The number of carbonyl (C=O) groups excluding carboxylic acids is 1. The van der Waals surface area contributed by atoms with Crippen LogP contribution < -0.4 is 5.32 Å². The van der Waals surface area contributed by atoms with Crippen LogP contribution in [0, 0.1) is 0 Å². The van der Waals surface area contributed by atoms with Gasteiger partial charge in [0.2, 0.25) is 0 Å². The summed E-state index contributed by atoms with van der Waals surface area (Å²) in [6, 6.07) is 4.05. The molecule has 19 heavy (non-hydrogen) atoms. The normalized spacial score (nSPS) is 11.9. The average molecular weight is 286 g/mol. The van der Waals surface area contributed by atoms with Gasteiger partial charge in [0.15, 0.2) is 0 Å². The SMILES string of the molecule is CC(CCCC(=O)O)NC(=O)c1cc(Cl)ccc1O. The van der Waals surface area contributed by atoms with Gasteiger partial charge in [-0.25, -0.2) is 0 Å². The second-order valence-electron chi connectivity index (χ2n) is 4.32. The second-order valence-corrected chi connectivity index (χ2v) is 4.76. The Morgan fingerprint density at radius 2 is 2.11 bits per heavy atom. The Hall–Kier alpha value is -1.75. The van der Waals surface area contributed by atoms with E-state index in [1.807, 2.05) is 0 Å². The van der Waals surface area contributed by atoms with Crippen LogP contribution in [-0.2, 0) is 4.79 Å². The van der Waals surface area contributed by atoms with E-state index in [9.17, 15) is 14.7 Å². The van der Waals surface area contributed by atoms with Gasteiger partial charge in [-0.2, -0.15) is 0 Å². The van der Waals surface area contributed by atoms with Crippen molar-refractivity contribution in [1.29, 1.82) is 0 Å². The summed E-state index contributed by atoms with van der Waals surface area (Å²) in [6.07, 6.45) is 1.11. The summed E-state index contributed by atoms with van der Waals surface area (Å²) in [5.74, 6) is -1.42. The third-order valence-corrected chi connectivity index (χ3v) is 2.84. The van der Waals surface area contributed by atoms with Gasteiger partial charge in [0.05, 0.1) is 5.56 Å². The van der Waals surface area contributed by atoms with Crippen molar-refractivity contribution >= 4 is 23.5 Å². The molecule has 0 aliphatic rings. The fourth-order valence-corrected chi connectivity index (χ4v) is 1.80. The van der Waals surface area contributed by atoms with Gasteiger partial charge in [-0.05, 0) is 38.0 Å². The first-order valence-corrected chi connectivity index (χ1v) is 6.29. The minimum Gasteiger partial charge on any atom is -0.507 e. The fraction of sp³-hybridized carbons (Fsp3) is 0.385. The number of hydrogen-bond acceptors (Lipinski definition) is 3. The van der Waals surface area contributed by atoms with Crippen LogP contribution in [0.5, 0.6) is 5.75 Å². The van der Waals surface area contributed by atoms with Crippen LogP contribution in [-0.4, -0.2) is 28.1 Å². The maximum Gasteiger partial charge on any atom is 0.303 e. The number of phenolic OH excluding ortho intramolecular Hbond substituents is 1. The molecule has 0 aliphatic heterocycles. The molecule has 1 amide bonds. The highest BCUT2D eigenvalue weighted by Gasteiger charge is 2.14. The minimum atomic E-state index is -0.856. The molecule has 0 spiro atoms. The van der Waals surface area contributed by atoms with Crippen molar-refractivity contribution in [2.24, 2.45) is 0 Å². The van der Waals surface area contributed by atoms with Crippen molar-refractivity contribution in [1.82, 2.24) is 5.32 Å². The van der Waals surface area contributed by atoms with E-state index < -0.39 is 11.9 Å². The Bertz CT molecular complexity index is 476. The zero-order valence-corrected chi connectivity index (χ0v) is 11.3. The lowest BCUT2D eigenvalue weighted by molar-refractivity contribution is -0.137. The van der Waals surface area contributed by atoms with Crippen LogP contribution >= 0.6 is 11.6 Å². The minimum absolute atomic E-state index is 0.0720. The van der Waals surface area contributed by atoms with Crippen molar-refractivity contribution in [3.05, 3.63) is 28.8 Å². The van der Waals surface area contributed by atoms with Gasteiger partial charge in [-0.15, -0.1) is 0 Å². The summed E-state index contributed by atoms with van der Waals surface area (Å²) in [5.41, 5.74) is 0.109. The first kappa shape index (κ1) is 15.3. The molecule has 0 radical (unpaired) electrons. The molecule has 5 nitrogen and oxygen atoms in total. The Morgan fingerprint density at radius 1 is 1.42 bits per heavy atom. The third-order valence-electron chi connectivity index (χ3n) is 2.61. The molecule has 1 aromatic rings. The zero-order chi connectivity index (χ0) is 14.4. The highest BCUT2D eigenvalue weighted by molar-refractivity contribution is 6.31. The maximum atomic E-state index is 11.9. The van der Waals surface area contributed by atoms with Crippen LogP contribution in [0.15, 0.2) is 18.2 Å². The predicted octanol–water partition coefficient (Wildman–Crippen LogP) is 2.42. The molecule has 0 aliphatic carbocycles. The lowest BCUT2D eigenvalue weighted by atomic mass is 10.1. The first-order valence-electron chi connectivity index (χ1n) is 5.91. The Labute approximate surface area is 116 Å². The molecule has 0 heterocycles. The van der Waals surface area contributed by atoms with Crippen LogP contribution in [0.4, 0.5) is 0 Å². The topological polar surface area (TPSA) is 86.6 Å². The van der Waals surface area contributed by atoms with Crippen molar-refractivity contribution in [3.8, 4) is 5.75 Å². The summed E-state index contributed by atoms with van der Waals surface area (Å²) in [4.78, 5) is 22.3. The molecule has 0 aromatic heterocycles. The molecule has 1 atom stereocenters. The molecule has 3 N–H and O–H groups in total. The largest absolute Gasteiger partial charge is 0.507 e. The molecule has 0 saturated heterocycles. The number of carboxylic acids is 1. The number of hydrogen-bond donors (Lipinski definition) is 3. The van der Waals surface area contributed by atoms with Crippen LogP contribution in [0.3, 0.4) is 0 Å². The number of aromatic hydroxyl groups is 1. The first-order chi connectivity index (χ1) is 8.90. The maximum absolute atomic E-state index is 11.9. The predicted molar refractivity (Wildman–Crippen MR) is 71.5 cm³/mol. The van der Waals surface area contributed by atoms with Gasteiger partial charge in [0.25, 0.3) is 5.91 Å². The highest BCUT2D eigenvalue weighted by atomic mass is 35.5. The molecule has 104 valence electrons. The van der Waals surface area contributed by atoms with E-state index in [0.29, 0.717) is 17.9 Å². The number of aliphatic carboxylic acids is 1. The van der Waals surface area contributed by atoms with E-state index in [0.717, 1.165) is 0 Å². The van der Waals surface area contributed by atoms with Crippen LogP contribution in [0.1, 0.15) is 36.5 Å². The third kappa shape index (κ3) is 5.18. The van der Waals surface area contributed by atoms with E-state index in [4.69, 9.17) is 16.7 Å². The van der Waals surface area contributed by atoms with Crippen molar-refractivity contribution in [2.75, 3.05) is 0 Å². The Kier molecular flexibility index (Phi) is 5.63. The number of carbonyl (C=O) groups is 2. The van der Waals surface area contributed by atoms with Gasteiger partial charge < -0.3 is 15.5 Å². The molecular formula is C13H16ClNO4. The molecule has 0 fully saturated rings. The van der Waals surface area contributed by atoms with E-state index in [2.05, 4.69) is 5.32 Å². The van der Waals surface area contributed by atoms with Crippen LogP contribution in [0.25, 0.3) is 0 Å². The zero-order valence-electron chi connectivity index (χ0n) is 10.5. The molecule has 1 unspecified atom stereocenters. The lowest BCUT2D eigenvalue weighted by Crippen LogP contribution is -2.32. The summed E-state index contributed by atoms with van der Waals surface area (Å²) in [6.45, 7) is 1.78. The summed E-state index contributed by atoms with van der Waals surface area (Å²) < 4.78 is 0. The quantitative estimate of drug-likeness (QED) is 0.749. The summed E-state index contributed by atoms with van der Waals surface area (Å²) in [7, 11) is 0. The Morgan fingerprint density at radius 3 is 2.74 bits per heavy atom. The molecule has 0 saturated carbocycles. The number of benzene rings is 1. The van der Waals surface area contributed by atoms with Gasteiger partial charge in [0, 0.05) is 17.5 Å². The van der Waals surface area contributed by atoms with E-state index in [-0.39, 0.29) is 23.8 Å². The second kappa shape index (κ2) is 6.99. The lowest BCUT2D eigenvalue weighted by Gasteiger charge is -2.14. The monoisotopic (exact) mass is 285 g/mol. The van der Waals surface area contributed by atoms with Gasteiger partial charge in [-0.3, -0.25) is 9.59 Å². The molecule has 6 heteroatoms. The van der Waals surface area contributed by atoms with Crippen molar-refractivity contribution in [3.63, 3.8) is 0 Å². The van der Waals surface area contributed by atoms with Gasteiger partial charge >= 0.3 is 5.97 Å². The van der Waals surface area contributed by atoms with Gasteiger partial charge in [-0.1, -0.05) is 11.6 Å².